The summed E-state index contributed by atoms with van der Waals surface area (Å²) in [6.07, 6.45) is 3.43. The Kier molecular flexibility index (Phi) is 4.05. The highest BCUT2D eigenvalue weighted by Gasteiger charge is 2.35. The molecular weight excluding hydrogens is 216 g/mol. The molecule has 98 valence electrons. The van der Waals surface area contributed by atoms with Crippen molar-refractivity contribution in [2.75, 3.05) is 26.2 Å². The van der Waals surface area contributed by atoms with E-state index in [-0.39, 0.29) is 17.4 Å². The zero-order valence-electron chi connectivity index (χ0n) is 10.9. The van der Waals surface area contributed by atoms with Crippen LogP contribution in [-0.4, -0.2) is 38.3 Å². The number of piperidine rings is 1. The number of carbonyl (C=O) groups excluding carboxylic acids is 1. The first-order chi connectivity index (χ1) is 8.12. The molecule has 0 bridgehead atoms. The largest absolute Gasteiger partial charge is 0.378 e. The molecule has 0 radical (unpaired) electrons. The van der Waals surface area contributed by atoms with Gasteiger partial charge in [0.1, 0.15) is 0 Å². The highest BCUT2D eigenvalue weighted by Crippen LogP contribution is 2.26. The lowest BCUT2D eigenvalue weighted by Gasteiger charge is -2.33. The zero-order valence-corrected chi connectivity index (χ0v) is 10.9. The quantitative estimate of drug-likeness (QED) is 0.771. The molecule has 0 spiro atoms. The predicted molar refractivity (Wildman–Crippen MR) is 66.7 cm³/mol. The summed E-state index contributed by atoms with van der Waals surface area (Å²) >= 11 is 0. The van der Waals surface area contributed by atoms with E-state index in [4.69, 9.17) is 4.74 Å². The fourth-order valence-electron chi connectivity index (χ4n) is 2.73. The normalized spacial score (nSPS) is 38.0. The summed E-state index contributed by atoms with van der Waals surface area (Å²) in [6, 6.07) is 0. The molecule has 17 heavy (non-hydrogen) atoms. The van der Waals surface area contributed by atoms with Crippen LogP contribution in [-0.2, 0) is 9.53 Å². The minimum absolute atomic E-state index is 0.198. The topological polar surface area (TPSA) is 50.4 Å². The van der Waals surface area contributed by atoms with Crippen LogP contribution in [0.15, 0.2) is 0 Å². The minimum Gasteiger partial charge on any atom is -0.378 e. The average Bonchev–Trinajstić information content (AvgIpc) is 2.73. The Morgan fingerprint density at radius 2 is 2.41 bits per heavy atom. The van der Waals surface area contributed by atoms with Crippen LogP contribution >= 0.6 is 0 Å². The molecular formula is C13H24N2O2. The van der Waals surface area contributed by atoms with Gasteiger partial charge in [0.25, 0.3) is 0 Å². The molecule has 0 aliphatic carbocycles. The summed E-state index contributed by atoms with van der Waals surface area (Å²) in [5, 5.41) is 6.41. The molecule has 0 aromatic carbocycles. The van der Waals surface area contributed by atoms with Gasteiger partial charge in [-0.3, -0.25) is 4.79 Å². The van der Waals surface area contributed by atoms with Crippen LogP contribution in [0.4, 0.5) is 0 Å². The molecule has 4 heteroatoms. The summed E-state index contributed by atoms with van der Waals surface area (Å²) < 4.78 is 5.50. The van der Waals surface area contributed by atoms with Gasteiger partial charge in [0.05, 0.1) is 11.5 Å². The van der Waals surface area contributed by atoms with Crippen LogP contribution in [0.25, 0.3) is 0 Å². The standard InChI is InChI=1S/C13H24N2O2/c1-10-11(4-7-17-10)8-15-12(16)13(2)5-3-6-14-9-13/h10-11,14H,3-9H2,1-2H3,(H,15,16). The van der Waals surface area contributed by atoms with Gasteiger partial charge in [-0.25, -0.2) is 0 Å². The Bertz CT molecular complexity index is 275. The first-order valence-electron chi connectivity index (χ1n) is 6.72. The van der Waals surface area contributed by atoms with Crippen molar-refractivity contribution in [3.05, 3.63) is 0 Å². The van der Waals surface area contributed by atoms with E-state index in [0.29, 0.717) is 5.92 Å². The Labute approximate surface area is 103 Å². The molecule has 2 aliphatic heterocycles. The van der Waals surface area contributed by atoms with E-state index < -0.39 is 0 Å². The SMILES string of the molecule is CC1OCCC1CNC(=O)C1(C)CCCNC1. The summed E-state index contributed by atoms with van der Waals surface area (Å²) in [5.41, 5.74) is -0.221. The third kappa shape index (κ3) is 2.99. The number of hydrogen-bond donors (Lipinski definition) is 2. The lowest BCUT2D eigenvalue weighted by Crippen LogP contribution is -2.49. The summed E-state index contributed by atoms with van der Waals surface area (Å²) in [4.78, 5) is 12.2. The Morgan fingerprint density at radius 3 is 3.00 bits per heavy atom. The van der Waals surface area contributed by atoms with Crippen molar-refractivity contribution in [2.45, 2.75) is 39.2 Å². The lowest BCUT2D eigenvalue weighted by molar-refractivity contribution is -0.131. The van der Waals surface area contributed by atoms with E-state index >= 15 is 0 Å². The van der Waals surface area contributed by atoms with Gasteiger partial charge in [0.2, 0.25) is 5.91 Å². The number of rotatable bonds is 3. The van der Waals surface area contributed by atoms with Crippen LogP contribution in [0, 0.1) is 11.3 Å². The van der Waals surface area contributed by atoms with Gasteiger partial charge < -0.3 is 15.4 Å². The van der Waals surface area contributed by atoms with Crippen molar-refractivity contribution < 1.29 is 9.53 Å². The zero-order chi connectivity index (χ0) is 12.3. The number of hydrogen-bond acceptors (Lipinski definition) is 3. The van der Waals surface area contributed by atoms with Crippen molar-refractivity contribution in [2.24, 2.45) is 11.3 Å². The second kappa shape index (κ2) is 5.36. The molecule has 1 amide bonds. The summed E-state index contributed by atoms with van der Waals surface area (Å²) in [6.45, 7) is 7.58. The third-order valence-electron chi connectivity index (χ3n) is 4.20. The lowest BCUT2D eigenvalue weighted by atomic mass is 9.82. The van der Waals surface area contributed by atoms with E-state index in [1.165, 1.54) is 0 Å². The smallest absolute Gasteiger partial charge is 0.227 e. The van der Waals surface area contributed by atoms with E-state index in [2.05, 4.69) is 24.5 Å². The summed E-state index contributed by atoms with van der Waals surface area (Å²) in [7, 11) is 0. The molecule has 3 atom stereocenters. The van der Waals surface area contributed by atoms with Crippen LogP contribution in [0.2, 0.25) is 0 Å². The van der Waals surface area contributed by atoms with Crippen LogP contribution in [0.5, 0.6) is 0 Å². The van der Waals surface area contributed by atoms with Crippen LogP contribution in [0.1, 0.15) is 33.1 Å². The minimum atomic E-state index is -0.221. The predicted octanol–water partition coefficient (Wildman–Crippen LogP) is 0.917. The third-order valence-corrected chi connectivity index (χ3v) is 4.20. The molecule has 4 nitrogen and oxygen atoms in total. The summed E-state index contributed by atoms with van der Waals surface area (Å²) in [5.74, 6) is 0.683. The van der Waals surface area contributed by atoms with Crippen LogP contribution in [0.3, 0.4) is 0 Å². The van der Waals surface area contributed by atoms with Gasteiger partial charge in [-0.2, -0.15) is 0 Å². The van der Waals surface area contributed by atoms with Gasteiger partial charge in [-0.1, -0.05) is 0 Å². The number of nitrogens with one attached hydrogen (secondary N) is 2. The molecule has 0 saturated carbocycles. The number of ether oxygens (including phenoxy) is 1. The number of amides is 1. The van der Waals surface area contributed by atoms with E-state index in [1.54, 1.807) is 0 Å². The molecule has 0 aromatic heterocycles. The van der Waals surface area contributed by atoms with Crippen molar-refractivity contribution in [3.63, 3.8) is 0 Å². The molecule has 2 saturated heterocycles. The van der Waals surface area contributed by atoms with E-state index in [9.17, 15) is 4.79 Å². The average molecular weight is 240 g/mol. The van der Waals surface area contributed by atoms with Gasteiger partial charge in [-0.15, -0.1) is 0 Å². The molecule has 3 unspecified atom stereocenters. The van der Waals surface area contributed by atoms with E-state index in [1.807, 2.05) is 0 Å². The van der Waals surface area contributed by atoms with Gasteiger partial charge in [-0.05, 0) is 39.7 Å². The maximum Gasteiger partial charge on any atom is 0.227 e. The van der Waals surface area contributed by atoms with Gasteiger partial charge >= 0.3 is 0 Å². The number of carbonyl (C=O) groups is 1. The molecule has 2 aliphatic rings. The molecule has 2 rings (SSSR count). The van der Waals surface area contributed by atoms with Crippen molar-refractivity contribution >= 4 is 5.91 Å². The first kappa shape index (κ1) is 12.8. The molecule has 0 aromatic rings. The second-order valence-corrected chi connectivity index (χ2v) is 5.68. The van der Waals surface area contributed by atoms with Gasteiger partial charge in [0, 0.05) is 25.6 Å². The first-order valence-corrected chi connectivity index (χ1v) is 6.72. The second-order valence-electron chi connectivity index (χ2n) is 5.68. The molecule has 2 N–H and O–H groups in total. The fourth-order valence-corrected chi connectivity index (χ4v) is 2.73. The van der Waals surface area contributed by atoms with Crippen molar-refractivity contribution in [3.8, 4) is 0 Å². The van der Waals surface area contributed by atoms with Gasteiger partial charge in [0.15, 0.2) is 0 Å². The van der Waals surface area contributed by atoms with Crippen LogP contribution < -0.4 is 10.6 Å². The molecule has 2 heterocycles. The Balaban J connectivity index is 1.80. The van der Waals surface area contributed by atoms with E-state index in [0.717, 1.165) is 45.5 Å². The van der Waals surface area contributed by atoms with Crippen molar-refractivity contribution in [1.82, 2.24) is 10.6 Å². The van der Waals surface area contributed by atoms with Crippen molar-refractivity contribution in [1.29, 1.82) is 0 Å². The Hall–Kier alpha value is -0.610. The maximum absolute atomic E-state index is 12.2. The fraction of sp³-hybridized carbons (Fsp3) is 0.923. The molecule has 2 fully saturated rings. The monoisotopic (exact) mass is 240 g/mol. The highest BCUT2D eigenvalue weighted by molar-refractivity contribution is 5.82. The Morgan fingerprint density at radius 1 is 1.59 bits per heavy atom. The highest BCUT2D eigenvalue weighted by atomic mass is 16.5. The maximum atomic E-state index is 12.2.